The summed E-state index contributed by atoms with van der Waals surface area (Å²) in [5.74, 6) is 0. The van der Waals surface area contributed by atoms with Gasteiger partial charge in [0.05, 0.1) is 6.61 Å². The second kappa shape index (κ2) is 6.48. The molecule has 9 heavy (non-hydrogen) atoms. The van der Waals surface area contributed by atoms with Gasteiger partial charge in [-0.25, -0.2) is 0 Å². The number of hydrogen-bond acceptors (Lipinski definition) is 3. The molecule has 0 radical (unpaired) electrons. The van der Waals surface area contributed by atoms with Crippen LogP contribution in [0.3, 0.4) is 0 Å². The normalized spacial score (nSPS) is 9.56. The summed E-state index contributed by atoms with van der Waals surface area (Å²) >= 11 is 8.64. The Morgan fingerprint density at radius 2 is 2.22 bits per heavy atom. The molecular weight excluding hydrogens is 154 g/mol. The molecular formula is C5H11NOS2. The Balaban J connectivity index is 2.83. The average molecular weight is 165 g/mol. The molecule has 0 fully saturated rings. The van der Waals surface area contributed by atoms with Gasteiger partial charge in [-0.1, -0.05) is 12.2 Å². The lowest BCUT2D eigenvalue weighted by Gasteiger charge is -1.98. The average Bonchev–Trinajstić information content (AvgIpc) is 1.80. The van der Waals surface area contributed by atoms with Crippen molar-refractivity contribution in [1.82, 2.24) is 5.32 Å². The van der Waals surface area contributed by atoms with Crippen LogP contribution in [0.1, 0.15) is 6.42 Å². The monoisotopic (exact) mass is 165 g/mol. The highest BCUT2D eigenvalue weighted by Gasteiger charge is 1.87. The quantitative estimate of drug-likeness (QED) is 0.309. The number of aliphatic hydroxyl groups excluding tert-OH is 1. The lowest BCUT2D eigenvalue weighted by Crippen LogP contribution is -2.20. The van der Waals surface area contributed by atoms with E-state index in [1.165, 1.54) is 0 Å². The van der Waals surface area contributed by atoms with Crippen molar-refractivity contribution in [1.29, 1.82) is 0 Å². The Hall–Kier alpha value is 0.360. The second-order valence-corrected chi connectivity index (χ2v) is 2.95. The van der Waals surface area contributed by atoms with Crippen LogP contribution >= 0.6 is 24.8 Å². The summed E-state index contributed by atoms with van der Waals surface area (Å²) in [5.41, 5.74) is 0. The van der Waals surface area contributed by atoms with Crippen LogP contribution in [-0.2, 0) is 0 Å². The van der Waals surface area contributed by atoms with E-state index >= 15 is 0 Å². The molecule has 0 unspecified atom stereocenters. The summed E-state index contributed by atoms with van der Waals surface area (Å²) in [6, 6.07) is 0. The summed E-state index contributed by atoms with van der Waals surface area (Å²) in [4.78, 5) is 0. The van der Waals surface area contributed by atoms with E-state index in [0.717, 1.165) is 13.0 Å². The first kappa shape index (κ1) is 9.36. The van der Waals surface area contributed by atoms with Crippen LogP contribution in [-0.4, -0.2) is 29.0 Å². The molecule has 54 valence electrons. The summed E-state index contributed by atoms with van der Waals surface area (Å²) in [6.45, 7) is 1.62. The fourth-order valence-corrected chi connectivity index (χ4v) is 0.613. The number of nitrogens with one attached hydrogen (secondary N) is 1. The molecule has 0 aliphatic heterocycles. The Morgan fingerprint density at radius 3 is 2.67 bits per heavy atom. The van der Waals surface area contributed by atoms with Crippen molar-refractivity contribution in [3.05, 3.63) is 0 Å². The smallest absolute Gasteiger partial charge is 0.0555 e. The maximum atomic E-state index is 8.32. The molecule has 0 amide bonds. The fourth-order valence-electron chi connectivity index (χ4n) is 0.399. The van der Waals surface area contributed by atoms with Crippen LogP contribution < -0.4 is 5.32 Å². The molecule has 0 spiro atoms. The molecule has 0 aromatic heterocycles. The van der Waals surface area contributed by atoms with E-state index in [2.05, 4.69) is 17.9 Å². The Kier molecular flexibility index (Phi) is 6.74. The Labute approximate surface area is 66.1 Å². The van der Waals surface area contributed by atoms with Crippen LogP contribution in [0, 0.1) is 0 Å². The zero-order chi connectivity index (χ0) is 7.11. The van der Waals surface area contributed by atoms with Crippen molar-refractivity contribution >= 4 is 29.0 Å². The predicted molar refractivity (Wildman–Crippen MR) is 46.2 cm³/mol. The third-order valence-corrected chi connectivity index (χ3v) is 1.23. The van der Waals surface area contributed by atoms with Crippen molar-refractivity contribution in [2.24, 2.45) is 0 Å². The molecule has 2 N–H and O–H groups in total. The van der Waals surface area contributed by atoms with Gasteiger partial charge < -0.3 is 10.4 Å². The summed E-state index contributed by atoms with van der Waals surface area (Å²) in [7, 11) is 0. The molecule has 0 saturated heterocycles. The van der Waals surface area contributed by atoms with E-state index in [1.54, 1.807) is 0 Å². The van der Waals surface area contributed by atoms with Crippen molar-refractivity contribution in [3.63, 3.8) is 0 Å². The zero-order valence-electron chi connectivity index (χ0n) is 5.13. The molecule has 0 rings (SSSR count). The standard InChI is InChI=1S/C5H11NOS2/c7-4-3-6-2-1-5(8)9/h6-7H,1-4H2,(H,8,9). The summed E-state index contributed by atoms with van der Waals surface area (Å²) < 4.78 is 0.709. The number of rotatable bonds is 5. The van der Waals surface area contributed by atoms with E-state index < -0.39 is 0 Å². The van der Waals surface area contributed by atoms with E-state index in [-0.39, 0.29) is 6.61 Å². The zero-order valence-corrected chi connectivity index (χ0v) is 6.84. The number of hydrogen-bond donors (Lipinski definition) is 3. The van der Waals surface area contributed by atoms with Crippen LogP contribution in [0.4, 0.5) is 0 Å². The van der Waals surface area contributed by atoms with Crippen molar-refractivity contribution in [3.8, 4) is 0 Å². The van der Waals surface area contributed by atoms with Crippen molar-refractivity contribution in [2.75, 3.05) is 19.7 Å². The molecule has 0 aliphatic rings. The Morgan fingerprint density at radius 1 is 1.56 bits per heavy atom. The highest BCUT2D eigenvalue weighted by Crippen LogP contribution is 1.88. The van der Waals surface area contributed by atoms with Crippen LogP contribution in [0.5, 0.6) is 0 Å². The van der Waals surface area contributed by atoms with Gasteiger partial charge in [0.2, 0.25) is 0 Å². The maximum absolute atomic E-state index is 8.32. The molecule has 0 bridgehead atoms. The van der Waals surface area contributed by atoms with E-state index in [1.807, 2.05) is 0 Å². The van der Waals surface area contributed by atoms with Gasteiger partial charge in [0, 0.05) is 23.7 Å². The lowest BCUT2D eigenvalue weighted by molar-refractivity contribution is 0.293. The van der Waals surface area contributed by atoms with Gasteiger partial charge in [-0.3, -0.25) is 0 Å². The van der Waals surface area contributed by atoms with E-state index in [4.69, 9.17) is 17.3 Å². The third kappa shape index (κ3) is 8.36. The van der Waals surface area contributed by atoms with E-state index in [9.17, 15) is 0 Å². The first-order chi connectivity index (χ1) is 4.27. The van der Waals surface area contributed by atoms with Crippen LogP contribution in [0.25, 0.3) is 0 Å². The molecule has 0 saturated carbocycles. The minimum absolute atomic E-state index is 0.180. The second-order valence-electron chi connectivity index (χ2n) is 1.62. The van der Waals surface area contributed by atoms with Gasteiger partial charge in [0.15, 0.2) is 0 Å². The predicted octanol–water partition coefficient (Wildman–Crippen LogP) is 0.216. The van der Waals surface area contributed by atoms with E-state index in [0.29, 0.717) is 10.7 Å². The number of aliphatic hydroxyl groups is 1. The summed E-state index contributed by atoms with van der Waals surface area (Å²) in [5, 5.41) is 11.3. The van der Waals surface area contributed by atoms with Gasteiger partial charge in [0.1, 0.15) is 0 Å². The molecule has 0 aliphatic carbocycles. The lowest BCUT2D eigenvalue weighted by atomic mass is 10.5. The van der Waals surface area contributed by atoms with Crippen molar-refractivity contribution in [2.45, 2.75) is 6.42 Å². The SMILES string of the molecule is OCCNCCC(=S)S. The number of thiol groups is 1. The maximum Gasteiger partial charge on any atom is 0.0555 e. The summed E-state index contributed by atoms with van der Waals surface area (Å²) in [6.07, 6.45) is 0.790. The largest absolute Gasteiger partial charge is 0.395 e. The molecule has 0 aromatic carbocycles. The molecule has 2 nitrogen and oxygen atoms in total. The highest BCUT2D eigenvalue weighted by atomic mass is 32.1. The van der Waals surface area contributed by atoms with Crippen molar-refractivity contribution < 1.29 is 5.11 Å². The van der Waals surface area contributed by atoms with Crippen LogP contribution in [0.15, 0.2) is 0 Å². The van der Waals surface area contributed by atoms with Crippen LogP contribution in [0.2, 0.25) is 0 Å². The molecule has 0 heterocycles. The first-order valence-electron chi connectivity index (χ1n) is 2.80. The van der Waals surface area contributed by atoms with Gasteiger partial charge in [0.25, 0.3) is 0 Å². The topological polar surface area (TPSA) is 32.3 Å². The minimum Gasteiger partial charge on any atom is -0.395 e. The third-order valence-electron chi connectivity index (χ3n) is 0.804. The minimum atomic E-state index is 0.180. The van der Waals surface area contributed by atoms with Gasteiger partial charge in [-0.2, -0.15) is 0 Å². The molecule has 0 atom stereocenters. The highest BCUT2D eigenvalue weighted by molar-refractivity contribution is 8.11. The van der Waals surface area contributed by atoms with Gasteiger partial charge >= 0.3 is 0 Å². The van der Waals surface area contributed by atoms with Gasteiger partial charge in [-0.15, -0.1) is 12.6 Å². The number of thiocarbonyl (C=S) groups is 1. The Bertz CT molecular complexity index is 87.0. The first-order valence-corrected chi connectivity index (χ1v) is 3.66. The fraction of sp³-hybridized carbons (Fsp3) is 0.800. The van der Waals surface area contributed by atoms with Gasteiger partial charge in [-0.05, 0) is 0 Å². The molecule has 4 heteroatoms. The molecule has 0 aromatic rings.